The van der Waals surface area contributed by atoms with Gasteiger partial charge in [0.2, 0.25) is 5.89 Å². The minimum Gasteiger partial charge on any atom is -0.406 e. The topological polar surface area (TPSA) is 72.2 Å². The molecule has 0 bridgehead atoms. The normalized spacial score (nSPS) is 18.1. The summed E-state index contributed by atoms with van der Waals surface area (Å²) < 4.78 is 11.4. The summed E-state index contributed by atoms with van der Waals surface area (Å²) in [4.78, 5) is 0. The van der Waals surface area contributed by atoms with Crippen molar-refractivity contribution in [2.24, 2.45) is 0 Å². The Morgan fingerprint density at radius 1 is 1.30 bits per heavy atom. The largest absolute Gasteiger partial charge is 0.406 e. The van der Waals surface area contributed by atoms with Crippen LogP contribution in [-0.2, 0) is 4.74 Å². The molecule has 6 nitrogen and oxygen atoms in total. The molecule has 1 aromatic heterocycles. The molecule has 1 aliphatic rings. The second-order valence-electron chi connectivity index (χ2n) is 5.28. The molecule has 6 heteroatoms. The van der Waals surface area contributed by atoms with E-state index in [9.17, 15) is 0 Å². The lowest BCUT2D eigenvalue weighted by molar-refractivity contribution is 0.0346. The first-order chi connectivity index (χ1) is 9.79. The van der Waals surface area contributed by atoms with E-state index in [1.54, 1.807) is 0 Å². The minimum atomic E-state index is 0.0848. The zero-order chi connectivity index (χ0) is 14.2. The lowest BCUT2D eigenvalue weighted by Gasteiger charge is -2.21. The van der Waals surface area contributed by atoms with Gasteiger partial charge in [-0.05, 0) is 26.3 Å². The lowest BCUT2D eigenvalue weighted by Crippen LogP contribution is -2.20. The van der Waals surface area contributed by atoms with E-state index in [4.69, 9.17) is 9.15 Å². The Hall–Kier alpha value is -1.14. The van der Waals surface area contributed by atoms with Gasteiger partial charge < -0.3 is 19.8 Å². The molecule has 0 amide bonds. The van der Waals surface area contributed by atoms with Crippen molar-refractivity contribution in [3.8, 4) is 0 Å². The molecular weight excluding hydrogens is 256 g/mol. The van der Waals surface area contributed by atoms with Crippen molar-refractivity contribution in [2.45, 2.75) is 58.1 Å². The zero-order valence-electron chi connectivity index (χ0n) is 12.5. The van der Waals surface area contributed by atoms with E-state index in [0.29, 0.717) is 31.2 Å². The highest BCUT2D eigenvalue weighted by Gasteiger charge is 2.14. The highest BCUT2D eigenvalue weighted by atomic mass is 16.5. The smallest absolute Gasteiger partial charge is 0.315 e. The summed E-state index contributed by atoms with van der Waals surface area (Å²) in [6.07, 6.45) is 6.79. The van der Waals surface area contributed by atoms with Crippen LogP contribution in [0.15, 0.2) is 4.42 Å². The SMILES string of the molecule is CCNC(C)c1nnc(NCCOC2CCCCC2)o1. The molecule has 1 aliphatic carbocycles. The number of hydrogen-bond acceptors (Lipinski definition) is 6. The van der Waals surface area contributed by atoms with Crippen LogP contribution in [0.25, 0.3) is 0 Å². The van der Waals surface area contributed by atoms with Gasteiger partial charge in [-0.2, -0.15) is 0 Å². The Morgan fingerprint density at radius 3 is 2.85 bits per heavy atom. The van der Waals surface area contributed by atoms with Crippen LogP contribution in [0.2, 0.25) is 0 Å². The summed E-state index contributed by atoms with van der Waals surface area (Å²) in [5, 5.41) is 14.3. The van der Waals surface area contributed by atoms with Crippen LogP contribution in [0.4, 0.5) is 6.01 Å². The van der Waals surface area contributed by atoms with Gasteiger partial charge in [-0.1, -0.05) is 31.3 Å². The van der Waals surface area contributed by atoms with Crippen molar-refractivity contribution in [1.29, 1.82) is 0 Å². The fourth-order valence-corrected chi connectivity index (χ4v) is 2.49. The van der Waals surface area contributed by atoms with Crippen LogP contribution in [0.3, 0.4) is 0 Å². The lowest BCUT2D eigenvalue weighted by atomic mass is 9.98. The Morgan fingerprint density at radius 2 is 2.10 bits per heavy atom. The van der Waals surface area contributed by atoms with Gasteiger partial charge in [-0.3, -0.25) is 0 Å². The first-order valence-electron chi connectivity index (χ1n) is 7.72. The molecular formula is C14H26N4O2. The molecule has 2 N–H and O–H groups in total. The third-order valence-corrected chi connectivity index (χ3v) is 3.61. The summed E-state index contributed by atoms with van der Waals surface area (Å²) in [6, 6.07) is 0.554. The van der Waals surface area contributed by atoms with Crippen molar-refractivity contribution in [1.82, 2.24) is 15.5 Å². The number of hydrogen-bond donors (Lipinski definition) is 2. The Labute approximate surface area is 120 Å². The average molecular weight is 282 g/mol. The van der Waals surface area contributed by atoms with Crippen molar-refractivity contribution in [2.75, 3.05) is 25.0 Å². The fourth-order valence-electron chi connectivity index (χ4n) is 2.49. The van der Waals surface area contributed by atoms with Crippen LogP contribution in [0, 0.1) is 0 Å². The average Bonchev–Trinajstić information content (AvgIpc) is 2.94. The molecule has 0 saturated heterocycles. The maximum Gasteiger partial charge on any atom is 0.315 e. The monoisotopic (exact) mass is 282 g/mol. The molecule has 0 aromatic carbocycles. The molecule has 1 aromatic rings. The Kier molecular flexibility index (Phi) is 6.26. The molecule has 1 heterocycles. The molecule has 1 unspecified atom stereocenters. The first-order valence-corrected chi connectivity index (χ1v) is 7.72. The maximum atomic E-state index is 5.83. The number of nitrogens with zero attached hydrogens (tertiary/aromatic N) is 2. The molecule has 1 atom stereocenters. The summed E-state index contributed by atoms with van der Waals surface area (Å²) in [5.74, 6) is 0.613. The molecule has 0 spiro atoms. The standard InChI is InChI=1S/C14H26N4O2/c1-3-15-11(2)13-17-18-14(20-13)16-9-10-19-12-7-5-4-6-8-12/h11-12,15H,3-10H2,1-2H3,(H,16,18). The molecule has 20 heavy (non-hydrogen) atoms. The number of aromatic nitrogens is 2. The predicted octanol–water partition coefficient (Wildman–Crippen LogP) is 2.50. The van der Waals surface area contributed by atoms with E-state index < -0.39 is 0 Å². The number of rotatable bonds is 8. The molecule has 1 saturated carbocycles. The molecule has 114 valence electrons. The van der Waals surface area contributed by atoms with Crippen LogP contribution in [-0.4, -0.2) is 36.0 Å². The number of anilines is 1. The summed E-state index contributed by atoms with van der Waals surface area (Å²) in [7, 11) is 0. The van der Waals surface area contributed by atoms with Gasteiger partial charge in [0.25, 0.3) is 0 Å². The number of nitrogens with one attached hydrogen (secondary N) is 2. The van der Waals surface area contributed by atoms with Crippen molar-refractivity contribution in [3.05, 3.63) is 5.89 Å². The van der Waals surface area contributed by atoms with Crippen LogP contribution in [0.5, 0.6) is 0 Å². The molecule has 0 aliphatic heterocycles. The minimum absolute atomic E-state index is 0.0848. The predicted molar refractivity (Wildman–Crippen MR) is 77.7 cm³/mol. The Bertz CT molecular complexity index is 377. The maximum absolute atomic E-state index is 5.83. The third-order valence-electron chi connectivity index (χ3n) is 3.61. The van der Waals surface area contributed by atoms with E-state index in [-0.39, 0.29) is 6.04 Å². The Balaban J connectivity index is 1.63. The van der Waals surface area contributed by atoms with Gasteiger partial charge in [0.05, 0.1) is 18.8 Å². The zero-order valence-corrected chi connectivity index (χ0v) is 12.5. The van der Waals surface area contributed by atoms with Gasteiger partial charge in [0.1, 0.15) is 0 Å². The van der Waals surface area contributed by atoms with E-state index in [0.717, 1.165) is 6.54 Å². The van der Waals surface area contributed by atoms with E-state index in [1.165, 1.54) is 32.1 Å². The number of ether oxygens (including phenoxy) is 1. The second-order valence-corrected chi connectivity index (χ2v) is 5.28. The second kappa shape index (κ2) is 8.21. The van der Waals surface area contributed by atoms with Crippen molar-refractivity contribution < 1.29 is 9.15 Å². The highest BCUT2D eigenvalue weighted by molar-refractivity contribution is 5.16. The third kappa shape index (κ3) is 4.76. The molecule has 1 fully saturated rings. The van der Waals surface area contributed by atoms with Crippen molar-refractivity contribution >= 4 is 6.01 Å². The van der Waals surface area contributed by atoms with E-state index >= 15 is 0 Å². The van der Waals surface area contributed by atoms with E-state index in [1.807, 2.05) is 6.92 Å². The van der Waals surface area contributed by atoms with Gasteiger partial charge >= 0.3 is 6.01 Å². The molecule has 0 radical (unpaired) electrons. The summed E-state index contributed by atoms with van der Waals surface area (Å²) in [5.41, 5.74) is 0. The van der Waals surface area contributed by atoms with Gasteiger partial charge in [-0.15, -0.1) is 5.10 Å². The van der Waals surface area contributed by atoms with Crippen LogP contribution >= 0.6 is 0 Å². The van der Waals surface area contributed by atoms with Gasteiger partial charge in [0.15, 0.2) is 0 Å². The summed E-state index contributed by atoms with van der Waals surface area (Å²) >= 11 is 0. The van der Waals surface area contributed by atoms with E-state index in [2.05, 4.69) is 27.8 Å². The first kappa shape index (κ1) is 15.3. The fraction of sp³-hybridized carbons (Fsp3) is 0.857. The van der Waals surface area contributed by atoms with Crippen molar-refractivity contribution in [3.63, 3.8) is 0 Å². The van der Waals surface area contributed by atoms with Gasteiger partial charge in [-0.25, -0.2) is 0 Å². The quantitative estimate of drug-likeness (QED) is 0.714. The molecule has 2 rings (SSSR count). The highest BCUT2D eigenvalue weighted by Crippen LogP contribution is 2.20. The summed E-state index contributed by atoms with van der Waals surface area (Å²) in [6.45, 7) is 6.32. The van der Waals surface area contributed by atoms with Gasteiger partial charge in [0, 0.05) is 6.54 Å². The van der Waals surface area contributed by atoms with Crippen LogP contribution in [0.1, 0.15) is 57.9 Å². The van der Waals surface area contributed by atoms with Crippen LogP contribution < -0.4 is 10.6 Å².